The first kappa shape index (κ1) is 30.0. The average molecular weight is 538 g/mol. The Morgan fingerprint density at radius 2 is 1.78 bits per heavy atom. The Kier molecular flexibility index (Phi) is 11.8. The molecule has 2 aliphatic heterocycles. The first-order valence-corrected chi connectivity index (χ1v) is 12.6. The number of rotatable bonds is 6. The number of piperidine rings is 1. The summed E-state index contributed by atoms with van der Waals surface area (Å²) in [5, 5.41) is 2.52. The van der Waals surface area contributed by atoms with Crippen LogP contribution in [0.2, 0.25) is 5.02 Å². The lowest BCUT2D eigenvalue weighted by molar-refractivity contribution is -0.139. The topological polar surface area (TPSA) is 79.0 Å². The highest BCUT2D eigenvalue weighted by Gasteiger charge is 2.33. The summed E-state index contributed by atoms with van der Waals surface area (Å²) in [5.74, 6) is -0.553. The van der Waals surface area contributed by atoms with Gasteiger partial charge in [0.05, 0.1) is 5.02 Å². The van der Waals surface area contributed by atoms with E-state index in [1.54, 1.807) is 24.8 Å². The molecule has 3 amide bonds. The number of likely N-dealkylation sites (tertiary alicyclic amines) is 2. The van der Waals surface area contributed by atoms with Gasteiger partial charge in [-0.1, -0.05) is 30.8 Å². The molecular formula is C27H34ClF2N3O4. The summed E-state index contributed by atoms with van der Waals surface area (Å²) in [6.45, 7) is 12.8. The molecule has 0 bridgehead atoms. The highest BCUT2D eigenvalue weighted by Crippen LogP contribution is 2.31. The van der Waals surface area contributed by atoms with Gasteiger partial charge in [0.25, 0.3) is 0 Å². The van der Waals surface area contributed by atoms with Crippen LogP contribution in [0.5, 0.6) is 0 Å². The van der Waals surface area contributed by atoms with Crippen molar-refractivity contribution in [3.63, 3.8) is 0 Å². The fraction of sp³-hybridized carbons (Fsp3) is 0.444. The van der Waals surface area contributed by atoms with Crippen LogP contribution in [0.25, 0.3) is 0 Å². The lowest BCUT2D eigenvalue weighted by atomic mass is 9.95. The van der Waals surface area contributed by atoms with Crippen molar-refractivity contribution < 1.29 is 27.9 Å². The van der Waals surface area contributed by atoms with Crippen molar-refractivity contribution in [2.24, 2.45) is 5.92 Å². The maximum Gasteiger partial charge on any atom is 0.412 e. The largest absolute Gasteiger partial charge is 0.412 e. The van der Waals surface area contributed by atoms with E-state index < -0.39 is 17.7 Å². The number of nitrogens with one attached hydrogen (secondary N) is 1. The van der Waals surface area contributed by atoms with Gasteiger partial charge in [-0.05, 0) is 56.0 Å². The zero-order valence-corrected chi connectivity index (χ0v) is 22.0. The standard InChI is InChI=1S/C18H22ClFN2O2.C9H12FNO2/c1-12(23)21-7-4-13(5-8-21)18(24)22-9-6-15(11-22)14-2-3-16(19)17(20)10-14;1-4-11-9(12)13-8(3)6-5-7(2)10/h2-3,10,13,15H,4-9,11H2,1H3;5-6H,2-4H2,1H3,(H,11,12)/b;6-5-/t15-;/m0./s1. The van der Waals surface area contributed by atoms with E-state index in [1.165, 1.54) is 12.1 Å². The Morgan fingerprint density at radius 3 is 2.35 bits per heavy atom. The number of benzene rings is 1. The maximum atomic E-state index is 13.6. The van der Waals surface area contributed by atoms with Crippen LogP contribution in [0, 0.1) is 11.7 Å². The normalized spacial score (nSPS) is 17.7. The predicted octanol–water partition coefficient (Wildman–Crippen LogP) is 5.34. The molecule has 10 heteroatoms. The van der Waals surface area contributed by atoms with Crippen LogP contribution in [-0.2, 0) is 14.3 Å². The van der Waals surface area contributed by atoms with Gasteiger partial charge >= 0.3 is 6.09 Å². The number of alkyl carbamates (subject to hydrolysis) is 1. The van der Waals surface area contributed by atoms with Crippen molar-refractivity contribution >= 4 is 29.5 Å². The summed E-state index contributed by atoms with van der Waals surface area (Å²) < 4.78 is 30.3. The molecule has 2 fully saturated rings. The SMILES string of the molecule is C=C(F)/C=C\C(=C)OC(=O)NCC.CC(=O)N1CCC(C(=O)N2CC[C@H](c3ccc(Cl)c(F)c3)C2)CC1. The zero-order valence-electron chi connectivity index (χ0n) is 21.3. The molecule has 202 valence electrons. The van der Waals surface area contributed by atoms with E-state index in [9.17, 15) is 23.2 Å². The lowest BCUT2D eigenvalue weighted by Gasteiger charge is -2.32. The highest BCUT2D eigenvalue weighted by molar-refractivity contribution is 6.30. The van der Waals surface area contributed by atoms with Gasteiger partial charge in [-0.25, -0.2) is 13.6 Å². The van der Waals surface area contributed by atoms with Crippen molar-refractivity contribution in [2.75, 3.05) is 32.7 Å². The monoisotopic (exact) mass is 537 g/mol. The zero-order chi connectivity index (χ0) is 27.5. The first-order valence-electron chi connectivity index (χ1n) is 12.2. The molecule has 1 atom stereocenters. The molecule has 0 radical (unpaired) electrons. The van der Waals surface area contributed by atoms with E-state index in [4.69, 9.17) is 11.6 Å². The molecule has 0 spiro atoms. The van der Waals surface area contributed by atoms with Crippen LogP contribution in [0.15, 0.2) is 55.1 Å². The van der Waals surface area contributed by atoms with Crippen molar-refractivity contribution in [2.45, 2.75) is 39.0 Å². The number of nitrogens with zero attached hydrogens (tertiary/aromatic N) is 2. The quantitative estimate of drug-likeness (QED) is 0.392. The van der Waals surface area contributed by atoms with E-state index in [2.05, 4.69) is 23.2 Å². The van der Waals surface area contributed by atoms with Gasteiger partial charge in [-0.3, -0.25) is 9.59 Å². The molecule has 7 nitrogen and oxygen atoms in total. The molecule has 1 aromatic carbocycles. The number of carbonyl (C=O) groups excluding carboxylic acids is 3. The molecule has 2 saturated heterocycles. The van der Waals surface area contributed by atoms with E-state index in [0.29, 0.717) is 32.7 Å². The molecular weight excluding hydrogens is 504 g/mol. The number of allylic oxidation sites excluding steroid dienone is 3. The second-order valence-corrected chi connectivity index (χ2v) is 9.30. The highest BCUT2D eigenvalue weighted by atomic mass is 35.5. The fourth-order valence-electron chi connectivity index (χ4n) is 4.22. The van der Waals surface area contributed by atoms with Crippen LogP contribution in [-0.4, -0.2) is 60.4 Å². The van der Waals surface area contributed by atoms with Crippen molar-refractivity contribution in [3.05, 3.63) is 71.5 Å². The molecule has 2 heterocycles. The number of hydrogen-bond acceptors (Lipinski definition) is 4. The smallest absolute Gasteiger partial charge is 0.411 e. The molecule has 37 heavy (non-hydrogen) atoms. The van der Waals surface area contributed by atoms with Crippen LogP contribution >= 0.6 is 11.6 Å². The van der Waals surface area contributed by atoms with Gasteiger partial charge in [-0.15, -0.1) is 0 Å². The van der Waals surface area contributed by atoms with Crippen LogP contribution in [0.1, 0.15) is 44.6 Å². The molecule has 2 aliphatic rings. The number of hydrogen-bond donors (Lipinski definition) is 1. The molecule has 1 aromatic rings. The minimum atomic E-state index is -0.624. The van der Waals surface area contributed by atoms with Gasteiger partial charge < -0.3 is 19.9 Å². The summed E-state index contributed by atoms with van der Waals surface area (Å²) in [4.78, 5) is 38.5. The molecule has 0 unspecified atom stereocenters. The van der Waals surface area contributed by atoms with Crippen molar-refractivity contribution in [1.82, 2.24) is 15.1 Å². The van der Waals surface area contributed by atoms with Crippen molar-refractivity contribution in [1.29, 1.82) is 0 Å². The lowest BCUT2D eigenvalue weighted by Crippen LogP contribution is -2.43. The van der Waals surface area contributed by atoms with Gasteiger partial charge in [0.1, 0.15) is 17.4 Å². The summed E-state index contributed by atoms with van der Waals surface area (Å²) >= 11 is 5.73. The molecule has 1 N–H and O–H groups in total. The first-order chi connectivity index (χ1) is 17.5. The Bertz CT molecular complexity index is 1040. The minimum Gasteiger partial charge on any atom is -0.411 e. The predicted molar refractivity (Wildman–Crippen MR) is 139 cm³/mol. The van der Waals surface area contributed by atoms with E-state index in [0.717, 1.165) is 30.9 Å². The summed E-state index contributed by atoms with van der Waals surface area (Å²) in [7, 11) is 0. The fourth-order valence-corrected chi connectivity index (χ4v) is 4.33. The van der Waals surface area contributed by atoms with E-state index >= 15 is 0 Å². The average Bonchev–Trinajstić information content (AvgIpc) is 3.35. The molecule has 0 aliphatic carbocycles. The van der Waals surface area contributed by atoms with Crippen molar-refractivity contribution in [3.8, 4) is 0 Å². The van der Waals surface area contributed by atoms with Gasteiger partial charge in [0.15, 0.2) is 0 Å². The third kappa shape index (κ3) is 9.64. The second kappa shape index (κ2) is 14.5. The summed E-state index contributed by atoms with van der Waals surface area (Å²) in [6.07, 6.45) is 3.98. The Balaban J connectivity index is 0.000000317. The Hall–Kier alpha value is -3.20. The Morgan fingerprint density at radius 1 is 1.14 bits per heavy atom. The van der Waals surface area contributed by atoms with E-state index in [1.807, 2.05) is 11.0 Å². The van der Waals surface area contributed by atoms with Crippen LogP contribution in [0.3, 0.4) is 0 Å². The third-order valence-corrected chi connectivity index (χ3v) is 6.51. The maximum absolute atomic E-state index is 13.6. The second-order valence-electron chi connectivity index (χ2n) is 8.89. The Labute approximate surface area is 221 Å². The number of halogens is 3. The summed E-state index contributed by atoms with van der Waals surface area (Å²) in [6, 6.07) is 4.90. The molecule has 3 rings (SSSR count). The minimum absolute atomic E-state index is 0.00121. The van der Waals surface area contributed by atoms with Crippen LogP contribution < -0.4 is 5.32 Å². The van der Waals surface area contributed by atoms with Gasteiger partial charge in [0, 0.05) is 51.5 Å². The number of ether oxygens (including phenoxy) is 1. The van der Waals surface area contributed by atoms with Crippen LogP contribution in [0.4, 0.5) is 13.6 Å². The molecule has 0 aromatic heterocycles. The van der Waals surface area contributed by atoms with Gasteiger partial charge in [0.2, 0.25) is 11.8 Å². The van der Waals surface area contributed by atoms with E-state index in [-0.39, 0.29) is 34.4 Å². The number of carbonyl (C=O) groups is 3. The number of amides is 3. The third-order valence-electron chi connectivity index (χ3n) is 6.20. The summed E-state index contributed by atoms with van der Waals surface area (Å²) in [5.41, 5.74) is 0.901. The molecule has 0 saturated carbocycles. The van der Waals surface area contributed by atoms with Gasteiger partial charge in [-0.2, -0.15) is 0 Å².